The maximum absolute atomic E-state index is 13.9. The van der Waals surface area contributed by atoms with E-state index in [1.807, 2.05) is 26.0 Å². The first-order valence-corrected chi connectivity index (χ1v) is 15.1. The largest absolute Gasteiger partial charge is 0.573 e. The van der Waals surface area contributed by atoms with Crippen molar-refractivity contribution in [1.82, 2.24) is 14.5 Å². The van der Waals surface area contributed by atoms with Gasteiger partial charge in [0.2, 0.25) is 0 Å². The SMILES string of the molecule is C[C@@H]1C=CC(Cl)N1CC/C(=C/C(=O)Cc1ccc(OC(F)(F)F)cc1)[C@H](C)c1nc2ccccc2c(=O)n1-c1ccc(C#N)cc1. The first-order valence-electron chi connectivity index (χ1n) is 14.6. The van der Waals surface area contributed by atoms with E-state index in [-0.39, 0.29) is 35.1 Å². The van der Waals surface area contributed by atoms with Crippen LogP contribution in [-0.2, 0) is 11.2 Å². The molecule has 3 aromatic carbocycles. The molecule has 0 saturated heterocycles. The molecule has 0 amide bonds. The summed E-state index contributed by atoms with van der Waals surface area (Å²) in [7, 11) is 0. The van der Waals surface area contributed by atoms with E-state index in [2.05, 4.69) is 15.7 Å². The molecular formula is C35H30ClF3N4O3. The molecule has 46 heavy (non-hydrogen) atoms. The topological polar surface area (TPSA) is 88.2 Å². The minimum absolute atomic E-state index is 0.0596. The number of para-hydroxylation sites is 1. The number of carbonyl (C=O) groups excluding carboxylic acids is 1. The van der Waals surface area contributed by atoms with Crippen LogP contribution < -0.4 is 10.3 Å². The predicted octanol–water partition coefficient (Wildman–Crippen LogP) is 7.21. The minimum Gasteiger partial charge on any atom is -0.406 e. The monoisotopic (exact) mass is 646 g/mol. The Kier molecular flexibility index (Phi) is 9.75. The van der Waals surface area contributed by atoms with Crippen molar-refractivity contribution in [3.63, 3.8) is 0 Å². The third-order valence-electron chi connectivity index (χ3n) is 7.93. The second kappa shape index (κ2) is 13.7. The molecule has 0 N–H and O–H groups in total. The molecule has 0 bridgehead atoms. The number of alkyl halides is 4. The zero-order valence-electron chi connectivity index (χ0n) is 25.0. The zero-order valence-corrected chi connectivity index (χ0v) is 25.8. The maximum atomic E-state index is 13.9. The van der Waals surface area contributed by atoms with Crippen LogP contribution in [-0.4, -0.2) is 44.7 Å². The average molecular weight is 647 g/mol. The lowest BCUT2D eigenvalue weighted by molar-refractivity contribution is -0.274. The lowest BCUT2D eigenvalue weighted by Crippen LogP contribution is -2.34. The van der Waals surface area contributed by atoms with Crippen molar-refractivity contribution in [3.05, 3.63) is 124 Å². The summed E-state index contributed by atoms with van der Waals surface area (Å²) >= 11 is 6.53. The van der Waals surface area contributed by atoms with Crippen molar-refractivity contribution in [2.75, 3.05) is 6.54 Å². The van der Waals surface area contributed by atoms with Crippen LogP contribution in [0.25, 0.3) is 16.6 Å². The van der Waals surface area contributed by atoms with Crippen LogP contribution in [0.3, 0.4) is 0 Å². The van der Waals surface area contributed by atoms with E-state index in [1.165, 1.54) is 34.9 Å². The van der Waals surface area contributed by atoms with E-state index >= 15 is 0 Å². The molecule has 1 aromatic heterocycles. The fourth-order valence-electron chi connectivity index (χ4n) is 5.51. The van der Waals surface area contributed by atoms with Gasteiger partial charge in [-0.25, -0.2) is 4.98 Å². The first-order chi connectivity index (χ1) is 21.9. The summed E-state index contributed by atoms with van der Waals surface area (Å²) in [6, 6.07) is 21.0. The van der Waals surface area contributed by atoms with Crippen LogP contribution in [0.2, 0.25) is 0 Å². The number of aromatic nitrogens is 2. The predicted molar refractivity (Wildman–Crippen MR) is 170 cm³/mol. The number of fused-ring (bicyclic) bond motifs is 1. The summed E-state index contributed by atoms with van der Waals surface area (Å²) < 4.78 is 43.2. The Morgan fingerprint density at radius 3 is 2.41 bits per heavy atom. The number of nitriles is 1. The van der Waals surface area contributed by atoms with Crippen LogP contribution in [0, 0.1) is 11.3 Å². The van der Waals surface area contributed by atoms with Crippen LogP contribution in [0.1, 0.15) is 43.1 Å². The molecule has 5 rings (SSSR count). The standard InChI is InChI=1S/C35H30ClF3N4O3/c1-22-7-16-32(36)42(22)18-17-26(20-28(44)19-24-10-14-29(15-11-24)46-35(37,38)39)23(2)33-41-31-6-4-3-5-30(31)34(45)43(33)27-12-8-25(21-40)9-13-27/h3-16,20,22-23,32H,17-19H2,1-2H3/b26-20-/t22-,23+,32?/m1/s1. The number of hydrogen-bond acceptors (Lipinski definition) is 6. The number of halogens is 4. The van der Waals surface area contributed by atoms with Crippen LogP contribution in [0.5, 0.6) is 5.75 Å². The summed E-state index contributed by atoms with van der Waals surface area (Å²) in [5, 5.41) is 9.73. The maximum Gasteiger partial charge on any atom is 0.573 e. The molecule has 1 aliphatic heterocycles. The molecule has 1 unspecified atom stereocenters. The van der Waals surface area contributed by atoms with E-state index in [0.717, 1.165) is 0 Å². The number of allylic oxidation sites excluding steroid dienone is 1. The minimum atomic E-state index is -4.81. The van der Waals surface area contributed by atoms with E-state index < -0.39 is 12.3 Å². The average Bonchev–Trinajstić information content (AvgIpc) is 3.35. The molecule has 0 fully saturated rings. The number of hydrogen-bond donors (Lipinski definition) is 0. The smallest absolute Gasteiger partial charge is 0.406 e. The van der Waals surface area contributed by atoms with E-state index in [4.69, 9.17) is 16.6 Å². The summed E-state index contributed by atoms with van der Waals surface area (Å²) in [5.74, 6) is -0.745. The van der Waals surface area contributed by atoms with E-state index in [0.29, 0.717) is 52.1 Å². The lowest BCUT2D eigenvalue weighted by atomic mass is 9.93. The molecule has 0 saturated carbocycles. The number of carbonyl (C=O) groups is 1. The number of ketones is 1. The van der Waals surface area contributed by atoms with E-state index in [1.54, 1.807) is 48.5 Å². The van der Waals surface area contributed by atoms with Gasteiger partial charge in [0.15, 0.2) is 5.78 Å². The first kappa shape index (κ1) is 32.7. The fraction of sp³-hybridized carbons (Fsp3) is 0.257. The molecular weight excluding hydrogens is 617 g/mol. The van der Waals surface area contributed by atoms with Gasteiger partial charge in [-0.1, -0.05) is 48.9 Å². The van der Waals surface area contributed by atoms with Crippen molar-refractivity contribution >= 4 is 28.3 Å². The van der Waals surface area contributed by atoms with Gasteiger partial charge in [-0.05, 0) is 73.5 Å². The highest BCUT2D eigenvalue weighted by molar-refractivity contribution is 6.21. The molecule has 7 nitrogen and oxygen atoms in total. The summed E-state index contributed by atoms with van der Waals surface area (Å²) in [6.07, 6.45) is 1.00. The van der Waals surface area contributed by atoms with Gasteiger partial charge in [-0.3, -0.25) is 19.1 Å². The summed E-state index contributed by atoms with van der Waals surface area (Å²) in [6.45, 7) is 4.42. The van der Waals surface area contributed by atoms with Crippen molar-refractivity contribution in [1.29, 1.82) is 5.26 Å². The third-order valence-corrected chi connectivity index (χ3v) is 8.32. The molecule has 1 aliphatic rings. The van der Waals surface area contributed by atoms with Gasteiger partial charge in [0.25, 0.3) is 5.56 Å². The number of benzene rings is 3. The van der Waals surface area contributed by atoms with Crippen LogP contribution in [0.15, 0.2) is 101 Å². The summed E-state index contributed by atoms with van der Waals surface area (Å²) in [4.78, 5) is 34.3. The Labute approximate surface area is 268 Å². The molecule has 11 heteroatoms. The molecule has 236 valence electrons. The van der Waals surface area contributed by atoms with Gasteiger partial charge in [-0.15, -0.1) is 24.8 Å². The van der Waals surface area contributed by atoms with Crippen LogP contribution >= 0.6 is 11.6 Å². The van der Waals surface area contributed by atoms with Crippen molar-refractivity contribution in [3.8, 4) is 17.5 Å². The Hall–Kier alpha value is -4.72. The Balaban J connectivity index is 1.53. The quantitative estimate of drug-likeness (QED) is 0.0783. The Morgan fingerprint density at radius 2 is 1.78 bits per heavy atom. The fourth-order valence-corrected chi connectivity index (χ4v) is 5.87. The lowest BCUT2D eigenvalue weighted by Gasteiger charge is -2.27. The van der Waals surface area contributed by atoms with Crippen LogP contribution in [0.4, 0.5) is 13.2 Å². The second-order valence-corrected chi connectivity index (χ2v) is 11.5. The number of nitrogens with zero attached hydrogens (tertiary/aromatic N) is 4. The molecule has 2 heterocycles. The second-order valence-electron chi connectivity index (χ2n) is 11.0. The highest BCUT2D eigenvalue weighted by Crippen LogP contribution is 2.30. The molecule has 0 radical (unpaired) electrons. The van der Waals surface area contributed by atoms with Gasteiger partial charge >= 0.3 is 6.36 Å². The highest BCUT2D eigenvalue weighted by Gasteiger charge is 2.31. The van der Waals surface area contributed by atoms with Gasteiger partial charge in [0, 0.05) is 24.9 Å². The van der Waals surface area contributed by atoms with Crippen molar-refractivity contribution in [2.45, 2.75) is 50.5 Å². The third kappa shape index (κ3) is 7.56. The van der Waals surface area contributed by atoms with Crippen molar-refractivity contribution in [2.24, 2.45) is 0 Å². The molecule has 3 atom stereocenters. The van der Waals surface area contributed by atoms with Gasteiger partial charge in [0.1, 0.15) is 17.1 Å². The molecule has 0 spiro atoms. The van der Waals surface area contributed by atoms with Gasteiger partial charge < -0.3 is 4.74 Å². The zero-order chi connectivity index (χ0) is 33.0. The van der Waals surface area contributed by atoms with Crippen molar-refractivity contribution < 1.29 is 22.7 Å². The molecule has 4 aromatic rings. The Bertz CT molecular complexity index is 1880. The summed E-state index contributed by atoms with van der Waals surface area (Å²) in [5.41, 5.74) is 2.08. The van der Waals surface area contributed by atoms with E-state index in [9.17, 15) is 28.0 Å². The number of ether oxygens (including phenoxy) is 1. The van der Waals surface area contributed by atoms with Gasteiger partial charge in [0.05, 0.1) is 28.2 Å². The number of rotatable bonds is 10. The molecule has 0 aliphatic carbocycles. The highest BCUT2D eigenvalue weighted by atomic mass is 35.5. The van der Waals surface area contributed by atoms with Gasteiger partial charge in [-0.2, -0.15) is 5.26 Å². The Morgan fingerprint density at radius 1 is 1.09 bits per heavy atom. The normalized spacial score (nSPS) is 17.6.